The number of benzene rings is 1. The van der Waals surface area contributed by atoms with Crippen molar-refractivity contribution in [3.63, 3.8) is 0 Å². The number of carbonyl (C=O) groups excluding carboxylic acids is 1. The van der Waals surface area contributed by atoms with E-state index in [4.69, 9.17) is 4.74 Å². The minimum atomic E-state index is -0.741. The summed E-state index contributed by atoms with van der Waals surface area (Å²) < 4.78 is 9.40. The quantitative estimate of drug-likeness (QED) is 0.802. The molecule has 23 heavy (non-hydrogen) atoms. The van der Waals surface area contributed by atoms with Crippen LogP contribution in [0.1, 0.15) is 5.56 Å². The van der Waals surface area contributed by atoms with Crippen LogP contribution in [0, 0.1) is 0 Å². The monoisotopic (exact) mass is 333 g/mol. The van der Waals surface area contributed by atoms with Crippen molar-refractivity contribution in [1.29, 1.82) is 0 Å². The highest BCUT2D eigenvalue weighted by Crippen LogP contribution is 2.26. The van der Waals surface area contributed by atoms with Gasteiger partial charge >= 0.3 is 6.16 Å². The Balaban J connectivity index is 1.52. The van der Waals surface area contributed by atoms with Crippen molar-refractivity contribution in [3.05, 3.63) is 41.3 Å². The number of thiazole rings is 1. The SMILES string of the molecule is COC(=O)Oc1csc(N2CCN(Cc3ccccc3)CC2)n1. The Hall–Kier alpha value is -2.12. The molecule has 3 rings (SSSR count). The van der Waals surface area contributed by atoms with Gasteiger partial charge < -0.3 is 14.4 Å². The first-order valence-electron chi connectivity index (χ1n) is 7.47. The maximum Gasteiger partial charge on any atom is 0.514 e. The van der Waals surface area contributed by atoms with Crippen LogP contribution < -0.4 is 9.64 Å². The molecule has 0 spiro atoms. The molecule has 1 aliphatic heterocycles. The lowest BCUT2D eigenvalue weighted by Crippen LogP contribution is -2.45. The number of hydrogen-bond acceptors (Lipinski definition) is 7. The molecule has 1 aliphatic rings. The fraction of sp³-hybridized carbons (Fsp3) is 0.375. The molecule has 6 nitrogen and oxygen atoms in total. The van der Waals surface area contributed by atoms with Gasteiger partial charge in [-0.25, -0.2) is 4.79 Å². The Morgan fingerprint density at radius 1 is 1.22 bits per heavy atom. The zero-order valence-electron chi connectivity index (χ0n) is 13.0. The molecule has 0 amide bonds. The van der Waals surface area contributed by atoms with Crippen molar-refractivity contribution in [1.82, 2.24) is 9.88 Å². The molecule has 122 valence electrons. The molecule has 1 aromatic carbocycles. The first kappa shape index (κ1) is 15.8. The minimum Gasteiger partial charge on any atom is -0.437 e. The van der Waals surface area contributed by atoms with Crippen LogP contribution in [0.5, 0.6) is 5.88 Å². The van der Waals surface area contributed by atoms with Gasteiger partial charge in [-0.05, 0) is 5.56 Å². The van der Waals surface area contributed by atoms with Gasteiger partial charge in [-0.3, -0.25) is 4.90 Å². The highest BCUT2D eigenvalue weighted by Gasteiger charge is 2.20. The smallest absolute Gasteiger partial charge is 0.437 e. The van der Waals surface area contributed by atoms with Crippen molar-refractivity contribution >= 4 is 22.6 Å². The normalized spacial score (nSPS) is 15.4. The number of piperazine rings is 1. The van der Waals surface area contributed by atoms with Gasteiger partial charge in [0.1, 0.15) is 0 Å². The van der Waals surface area contributed by atoms with E-state index in [0.717, 1.165) is 37.9 Å². The molecule has 0 N–H and O–H groups in total. The van der Waals surface area contributed by atoms with E-state index in [1.807, 2.05) is 6.07 Å². The second kappa shape index (κ2) is 7.43. The molecule has 0 bridgehead atoms. The van der Waals surface area contributed by atoms with Crippen LogP contribution in [0.4, 0.5) is 9.93 Å². The zero-order chi connectivity index (χ0) is 16.1. The molecule has 2 aromatic rings. The van der Waals surface area contributed by atoms with Crippen molar-refractivity contribution in [2.24, 2.45) is 0 Å². The maximum absolute atomic E-state index is 11.1. The van der Waals surface area contributed by atoms with Crippen molar-refractivity contribution in [3.8, 4) is 5.88 Å². The van der Waals surface area contributed by atoms with E-state index in [1.54, 1.807) is 5.38 Å². The lowest BCUT2D eigenvalue weighted by atomic mass is 10.2. The molecule has 1 aromatic heterocycles. The van der Waals surface area contributed by atoms with Crippen LogP contribution in [0.25, 0.3) is 0 Å². The van der Waals surface area contributed by atoms with Crippen LogP contribution >= 0.6 is 11.3 Å². The zero-order valence-corrected chi connectivity index (χ0v) is 13.8. The van der Waals surface area contributed by atoms with Crippen molar-refractivity contribution in [2.75, 3.05) is 38.2 Å². The van der Waals surface area contributed by atoms with Gasteiger partial charge in [0.05, 0.1) is 12.5 Å². The molecule has 1 fully saturated rings. The molecule has 0 atom stereocenters. The predicted octanol–water partition coefficient (Wildman–Crippen LogP) is 2.61. The lowest BCUT2D eigenvalue weighted by Gasteiger charge is -2.34. The molecule has 0 aliphatic carbocycles. The third-order valence-electron chi connectivity index (χ3n) is 3.72. The second-order valence-corrected chi connectivity index (χ2v) is 6.11. The van der Waals surface area contributed by atoms with Crippen LogP contribution in [-0.2, 0) is 11.3 Å². The molecule has 0 saturated carbocycles. The van der Waals surface area contributed by atoms with Crippen LogP contribution in [0.3, 0.4) is 0 Å². The molecule has 2 heterocycles. The summed E-state index contributed by atoms with van der Waals surface area (Å²) in [6.07, 6.45) is -0.741. The molecule has 1 saturated heterocycles. The maximum atomic E-state index is 11.1. The van der Waals surface area contributed by atoms with Gasteiger partial charge in [0.2, 0.25) is 5.88 Å². The Bertz CT molecular complexity index is 639. The van der Waals surface area contributed by atoms with E-state index in [9.17, 15) is 4.79 Å². The van der Waals surface area contributed by atoms with Gasteiger partial charge in [0.25, 0.3) is 0 Å². The molecular weight excluding hydrogens is 314 g/mol. The number of aromatic nitrogens is 1. The van der Waals surface area contributed by atoms with Crippen LogP contribution in [0.2, 0.25) is 0 Å². The first-order valence-corrected chi connectivity index (χ1v) is 8.35. The van der Waals surface area contributed by atoms with Gasteiger partial charge in [0, 0.05) is 32.7 Å². The average molecular weight is 333 g/mol. The Morgan fingerprint density at radius 3 is 2.65 bits per heavy atom. The van der Waals surface area contributed by atoms with Gasteiger partial charge in [-0.2, -0.15) is 4.98 Å². The van der Waals surface area contributed by atoms with Crippen molar-refractivity contribution in [2.45, 2.75) is 6.54 Å². The predicted molar refractivity (Wildman–Crippen MR) is 89.1 cm³/mol. The summed E-state index contributed by atoms with van der Waals surface area (Å²) in [4.78, 5) is 20.1. The topological polar surface area (TPSA) is 54.9 Å². The number of carbonyl (C=O) groups is 1. The van der Waals surface area contributed by atoms with E-state index in [-0.39, 0.29) is 0 Å². The van der Waals surface area contributed by atoms with E-state index >= 15 is 0 Å². The summed E-state index contributed by atoms with van der Waals surface area (Å²) in [5, 5.41) is 2.60. The first-order chi connectivity index (χ1) is 11.2. The Labute approximate surface area is 139 Å². The Kier molecular flexibility index (Phi) is 5.09. The third kappa shape index (κ3) is 4.20. The summed E-state index contributed by atoms with van der Waals surface area (Å²) in [5.74, 6) is 0.295. The van der Waals surface area contributed by atoms with Gasteiger partial charge in [-0.15, -0.1) is 11.3 Å². The summed E-state index contributed by atoms with van der Waals surface area (Å²) in [7, 11) is 1.28. The highest BCUT2D eigenvalue weighted by atomic mass is 32.1. The number of ether oxygens (including phenoxy) is 2. The fourth-order valence-electron chi connectivity index (χ4n) is 2.51. The highest BCUT2D eigenvalue weighted by molar-refractivity contribution is 7.13. The van der Waals surface area contributed by atoms with E-state index < -0.39 is 6.16 Å². The summed E-state index contributed by atoms with van der Waals surface area (Å²) in [6, 6.07) is 10.5. The summed E-state index contributed by atoms with van der Waals surface area (Å²) in [6.45, 7) is 4.78. The standard InChI is InChI=1S/C16H19N3O3S/c1-21-16(20)22-14-12-23-15(17-14)19-9-7-18(8-10-19)11-13-5-3-2-4-6-13/h2-6,12H,7-11H2,1H3. The van der Waals surface area contributed by atoms with Crippen molar-refractivity contribution < 1.29 is 14.3 Å². The summed E-state index contributed by atoms with van der Waals surface area (Å²) in [5.41, 5.74) is 1.34. The largest absolute Gasteiger partial charge is 0.514 e. The molecular formula is C16H19N3O3S. The molecule has 7 heteroatoms. The fourth-order valence-corrected chi connectivity index (χ4v) is 3.29. The number of methoxy groups -OCH3 is 1. The number of hydrogen-bond donors (Lipinski definition) is 0. The molecule has 0 unspecified atom stereocenters. The average Bonchev–Trinajstić information content (AvgIpc) is 3.05. The van der Waals surface area contributed by atoms with E-state index in [1.165, 1.54) is 24.0 Å². The lowest BCUT2D eigenvalue weighted by molar-refractivity contribution is 0.120. The number of nitrogens with zero attached hydrogens (tertiary/aromatic N) is 3. The molecule has 0 radical (unpaired) electrons. The number of rotatable bonds is 4. The van der Waals surface area contributed by atoms with E-state index in [2.05, 4.69) is 43.8 Å². The van der Waals surface area contributed by atoms with Crippen LogP contribution in [-0.4, -0.2) is 49.3 Å². The minimum absolute atomic E-state index is 0.295. The van der Waals surface area contributed by atoms with Gasteiger partial charge in [0.15, 0.2) is 5.13 Å². The third-order valence-corrected chi connectivity index (χ3v) is 4.60. The number of anilines is 1. The van der Waals surface area contributed by atoms with E-state index in [0.29, 0.717) is 5.88 Å². The summed E-state index contributed by atoms with van der Waals surface area (Å²) >= 11 is 1.48. The van der Waals surface area contributed by atoms with Crippen LogP contribution in [0.15, 0.2) is 35.7 Å². The van der Waals surface area contributed by atoms with Gasteiger partial charge in [-0.1, -0.05) is 30.3 Å². The Morgan fingerprint density at radius 2 is 1.96 bits per heavy atom. The second-order valence-electron chi connectivity index (χ2n) is 5.27.